The Morgan fingerprint density at radius 3 is 2.39 bits per heavy atom. The van der Waals surface area contributed by atoms with Crippen LogP contribution in [0.15, 0.2) is 24.3 Å². The van der Waals surface area contributed by atoms with E-state index in [2.05, 4.69) is 10.1 Å². The number of carbonyl (C=O) groups is 2. The molecular weight excluding hydrogens is 302 g/mol. The third kappa shape index (κ3) is 5.78. The van der Waals surface area contributed by atoms with Crippen molar-refractivity contribution in [2.24, 2.45) is 0 Å². The van der Waals surface area contributed by atoms with Gasteiger partial charge < -0.3 is 24.6 Å². The number of rotatable bonds is 5. The Bertz CT molecular complexity index is 552. The zero-order valence-corrected chi connectivity index (χ0v) is 14.0. The molecule has 0 aliphatic heterocycles. The number of benzene rings is 1. The van der Waals surface area contributed by atoms with Crippen molar-refractivity contribution in [3.63, 3.8) is 0 Å². The van der Waals surface area contributed by atoms with Crippen LogP contribution in [0.25, 0.3) is 0 Å². The monoisotopic (exact) mass is 325 g/mol. The number of amides is 1. The van der Waals surface area contributed by atoms with E-state index >= 15 is 0 Å². The van der Waals surface area contributed by atoms with Gasteiger partial charge in [0.1, 0.15) is 17.5 Å². The number of aliphatic hydroxyl groups is 1. The highest BCUT2D eigenvalue weighted by molar-refractivity contribution is 5.82. The van der Waals surface area contributed by atoms with Gasteiger partial charge in [0.15, 0.2) is 6.04 Å². The average molecular weight is 325 g/mol. The third-order valence-electron chi connectivity index (χ3n) is 2.88. The van der Waals surface area contributed by atoms with Crippen molar-refractivity contribution in [2.75, 3.05) is 14.2 Å². The van der Waals surface area contributed by atoms with E-state index in [1.807, 2.05) is 0 Å². The minimum absolute atomic E-state index is 0.399. The van der Waals surface area contributed by atoms with Gasteiger partial charge >= 0.3 is 12.1 Å². The second-order valence-electron chi connectivity index (χ2n) is 5.87. The maximum absolute atomic E-state index is 11.9. The molecule has 7 nitrogen and oxygen atoms in total. The molecule has 0 fully saturated rings. The van der Waals surface area contributed by atoms with Crippen molar-refractivity contribution in [1.29, 1.82) is 0 Å². The number of aliphatic hydroxyl groups excluding tert-OH is 1. The third-order valence-corrected chi connectivity index (χ3v) is 2.88. The maximum Gasteiger partial charge on any atom is 0.408 e. The van der Waals surface area contributed by atoms with E-state index in [1.54, 1.807) is 45.0 Å². The quantitative estimate of drug-likeness (QED) is 0.802. The Kier molecular flexibility index (Phi) is 6.38. The maximum atomic E-state index is 11.9. The highest BCUT2D eigenvalue weighted by atomic mass is 16.6. The number of carbonyl (C=O) groups excluding carboxylic acids is 2. The lowest BCUT2D eigenvalue weighted by Gasteiger charge is -2.25. The molecule has 1 amide bonds. The molecule has 1 aromatic rings. The molecule has 0 heterocycles. The van der Waals surface area contributed by atoms with Gasteiger partial charge in [0.25, 0.3) is 0 Å². The Labute approximate surface area is 135 Å². The van der Waals surface area contributed by atoms with E-state index in [0.29, 0.717) is 11.3 Å². The Morgan fingerprint density at radius 2 is 1.87 bits per heavy atom. The van der Waals surface area contributed by atoms with Gasteiger partial charge in [0, 0.05) is 0 Å². The Balaban J connectivity index is 2.96. The molecule has 0 aliphatic rings. The number of nitrogens with one attached hydrogen (secondary N) is 1. The van der Waals surface area contributed by atoms with Crippen LogP contribution < -0.4 is 10.1 Å². The van der Waals surface area contributed by atoms with Crippen LogP contribution >= 0.6 is 0 Å². The van der Waals surface area contributed by atoms with Crippen LogP contribution in [-0.4, -0.2) is 43.0 Å². The first kappa shape index (κ1) is 18.8. The predicted octanol–water partition coefficient (Wildman–Crippen LogP) is 1.79. The summed E-state index contributed by atoms with van der Waals surface area (Å²) in [5.74, 6) is -0.270. The summed E-state index contributed by atoms with van der Waals surface area (Å²) in [6.07, 6.45) is -2.14. The first-order valence-electron chi connectivity index (χ1n) is 7.07. The topological polar surface area (TPSA) is 94.1 Å². The molecule has 128 valence electrons. The van der Waals surface area contributed by atoms with E-state index in [9.17, 15) is 14.7 Å². The van der Waals surface area contributed by atoms with Crippen LogP contribution in [0.3, 0.4) is 0 Å². The SMILES string of the molecule is COC(=O)[C@@H](NC(=O)OC(C)(C)C)[C@@H](O)c1cccc(OC)c1. The number of ether oxygens (including phenoxy) is 3. The summed E-state index contributed by atoms with van der Waals surface area (Å²) in [5, 5.41) is 12.8. The van der Waals surface area contributed by atoms with Gasteiger partial charge in [-0.15, -0.1) is 0 Å². The van der Waals surface area contributed by atoms with Gasteiger partial charge in [-0.25, -0.2) is 9.59 Å². The first-order valence-corrected chi connectivity index (χ1v) is 7.07. The number of methoxy groups -OCH3 is 2. The van der Waals surface area contributed by atoms with Crippen molar-refractivity contribution < 1.29 is 28.9 Å². The van der Waals surface area contributed by atoms with Crippen LogP contribution in [0.2, 0.25) is 0 Å². The Hall–Kier alpha value is -2.28. The predicted molar refractivity (Wildman–Crippen MR) is 83.1 cm³/mol. The molecule has 0 spiro atoms. The molecule has 1 aromatic carbocycles. The number of alkyl carbamates (subject to hydrolysis) is 1. The van der Waals surface area contributed by atoms with E-state index in [0.717, 1.165) is 0 Å². The van der Waals surface area contributed by atoms with Gasteiger partial charge in [-0.3, -0.25) is 0 Å². The highest BCUT2D eigenvalue weighted by Gasteiger charge is 2.32. The van der Waals surface area contributed by atoms with Crippen molar-refractivity contribution in [3.8, 4) is 5.75 Å². The van der Waals surface area contributed by atoms with Crippen molar-refractivity contribution in [2.45, 2.75) is 38.5 Å². The molecule has 23 heavy (non-hydrogen) atoms. The van der Waals surface area contributed by atoms with Gasteiger partial charge in [-0.1, -0.05) is 12.1 Å². The van der Waals surface area contributed by atoms with Crippen LogP contribution in [-0.2, 0) is 14.3 Å². The van der Waals surface area contributed by atoms with Crippen molar-refractivity contribution in [1.82, 2.24) is 5.32 Å². The van der Waals surface area contributed by atoms with Crippen molar-refractivity contribution >= 4 is 12.1 Å². The molecule has 2 atom stereocenters. The minimum Gasteiger partial charge on any atom is -0.497 e. The number of hydrogen-bond donors (Lipinski definition) is 2. The molecule has 0 aromatic heterocycles. The number of esters is 1. The standard InChI is InChI=1S/C16H23NO6/c1-16(2,3)23-15(20)17-12(14(19)22-5)13(18)10-7-6-8-11(9-10)21-4/h6-9,12-13,18H,1-5H3,(H,17,20)/t12-,13-/m0/s1. The summed E-state index contributed by atoms with van der Waals surface area (Å²) < 4.78 is 14.8. The van der Waals surface area contributed by atoms with Crippen molar-refractivity contribution in [3.05, 3.63) is 29.8 Å². The zero-order chi connectivity index (χ0) is 17.6. The summed E-state index contributed by atoms with van der Waals surface area (Å²) in [6.45, 7) is 5.08. The summed E-state index contributed by atoms with van der Waals surface area (Å²) >= 11 is 0. The summed E-state index contributed by atoms with van der Waals surface area (Å²) in [5.41, 5.74) is -0.332. The second kappa shape index (κ2) is 7.82. The molecule has 2 N–H and O–H groups in total. The van der Waals surface area contributed by atoms with E-state index in [4.69, 9.17) is 9.47 Å². The molecule has 0 saturated heterocycles. The lowest BCUT2D eigenvalue weighted by molar-refractivity contribution is -0.146. The molecule has 1 rings (SSSR count). The minimum atomic E-state index is -1.31. The molecule has 0 aliphatic carbocycles. The molecule has 0 radical (unpaired) electrons. The summed E-state index contributed by atoms with van der Waals surface area (Å²) in [7, 11) is 2.66. The Morgan fingerprint density at radius 1 is 1.22 bits per heavy atom. The normalized spacial score (nSPS) is 13.7. The van der Waals surface area contributed by atoms with Crippen LogP contribution in [0, 0.1) is 0 Å². The molecular formula is C16H23NO6. The second-order valence-corrected chi connectivity index (χ2v) is 5.87. The van der Waals surface area contributed by atoms with Crippen LogP contribution in [0.4, 0.5) is 4.79 Å². The van der Waals surface area contributed by atoms with Crippen LogP contribution in [0.1, 0.15) is 32.4 Å². The van der Waals surface area contributed by atoms with Gasteiger partial charge in [-0.2, -0.15) is 0 Å². The number of hydrogen-bond acceptors (Lipinski definition) is 6. The lowest BCUT2D eigenvalue weighted by Crippen LogP contribution is -2.47. The van der Waals surface area contributed by atoms with E-state index in [1.165, 1.54) is 14.2 Å². The average Bonchev–Trinajstić information content (AvgIpc) is 2.49. The van der Waals surface area contributed by atoms with Crippen LogP contribution in [0.5, 0.6) is 5.75 Å². The summed E-state index contributed by atoms with van der Waals surface area (Å²) in [4.78, 5) is 23.8. The summed E-state index contributed by atoms with van der Waals surface area (Å²) in [6, 6.07) is 5.24. The highest BCUT2D eigenvalue weighted by Crippen LogP contribution is 2.22. The molecule has 0 unspecified atom stereocenters. The molecule has 0 saturated carbocycles. The van der Waals surface area contributed by atoms with Gasteiger partial charge in [-0.05, 0) is 38.5 Å². The first-order chi connectivity index (χ1) is 10.7. The zero-order valence-electron chi connectivity index (χ0n) is 14.0. The van der Waals surface area contributed by atoms with Gasteiger partial charge in [0.05, 0.1) is 14.2 Å². The lowest BCUT2D eigenvalue weighted by atomic mass is 10.0. The van der Waals surface area contributed by atoms with Gasteiger partial charge in [0.2, 0.25) is 0 Å². The fraction of sp³-hybridized carbons (Fsp3) is 0.500. The molecule has 0 bridgehead atoms. The van der Waals surface area contributed by atoms with E-state index < -0.39 is 29.8 Å². The fourth-order valence-corrected chi connectivity index (χ4v) is 1.85. The van der Waals surface area contributed by atoms with E-state index in [-0.39, 0.29) is 0 Å². The fourth-order valence-electron chi connectivity index (χ4n) is 1.85. The molecule has 7 heteroatoms. The largest absolute Gasteiger partial charge is 0.497 e. The smallest absolute Gasteiger partial charge is 0.408 e.